The Kier molecular flexibility index (Phi) is 14.6. The average Bonchev–Trinajstić information content (AvgIpc) is 2.88. The van der Waals surface area contributed by atoms with E-state index >= 15 is 0 Å². The first-order chi connectivity index (χ1) is 18.0. The van der Waals surface area contributed by atoms with Gasteiger partial charge in [0, 0.05) is 12.8 Å². The van der Waals surface area contributed by atoms with Crippen LogP contribution in [-0.4, -0.2) is 70.6 Å². The van der Waals surface area contributed by atoms with Gasteiger partial charge in [0.2, 0.25) is 17.7 Å². The summed E-state index contributed by atoms with van der Waals surface area (Å²) in [6.45, 7) is 3.90. The summed E-state index contributed by atoms with van der Waals surface area (Å²) >= 11 is 0. The molecule has 1 aromatic carbocycles. The molecule has 0 aliphatic rings. The van der Waals surface area contributed by atoms with Crippen LogP contribution < -0.4 is 27.4 Å². The van der Waals surface area contributed by atoms with Crippen molar-refractivity contribution in [1.82, 2.24) is 16.0 Å². The maximum atomic E-state index is 13.3. The van der Waals surface area contributed by atoms with Crippen molar-refractivity contribution >= 4 is 29.7 Å². The fourth-order valence-corrected chi connectivity index (χ4v) is 3.72. The predicted octanol–water partition coefficient (Wildman–Crippen LogP) is 0.135. The molecule has 9 N–H and O–H groups in total. The van der Waals surface area contributed by atoms with Gasteiger partial charge in [-0.25, -0.2) is 4.79 Å². The van der Waals surface area contributed by atoms with Gasteiger partial charge < -0.3 is 37.6 Å². The number of aliphatic carboxylic acids is 2. The Bertz CT molecular complexity index is 928. The van der Waals surface area contributed by atoms with Gasteiger partial charge >= 0.3 is 11.9 Å². The molecular formula is C26H41N5O7. The highest BCUT2D eigenvalue weighted by atomic mass is 16.4. The first kappa shape index (κ1) is 32.5. The molecule has 3 amide bonds. The zero-order valence-electron chi connectivity index (χ0n) is 22.0. The molecule has 212 valence electrons. The highest BCUT2D eigenvalue weighted by molar-refractivity contribution is 5.94. The Balaban J connectivity index is 3.11. The molecule has 0 aromatic heterocycles. The number of carbonyl (C=O) groups excluding carboxylic acids is 3. The maximum absolute atomic E-state index is 13.3. The Morgan fingerprint density at radius 2 is 1.47 bits per heavy atom. The van der Waals surface area contributed by atoms with Crippen molar-refractivity contribution in [2.75, 3.05) is 6.54 Å². The second kappa shape index (κ2) is 17.1. The Hall–Kier alpha value is -3.51. The number of hydrogen-bond acceptors (Lipinski definition) is 7. The maximum Gasteiger partial charge on any atom is 0.326 e. The summed E-state index contributed by atoms with van der Waals surface area (Å²) in [5, 5.41) is 26.2. The lowest BCUT2D eigenvalue weighted by atomic mass is 9.98. The number of benzene rings is 1. The molecule has 12 nitrogen and oxygen atoms in total. The number of rotatable bonds is 18. The van der Waals surface area contributed by atoms with Gasteiger partial charge in [0.05, 0.1) is 6.04 Å². The minimum atomic E-state index is -1.34. The van der Waals surface area contributed by atoms with E-state index in [1.807, 2.05) is 0 Å². The Morgan fingerprint density at radius 3 is 2.03 bits per heavy atom. The van der Waals surface area contributed by atoms with E-state index in [0.29, 0.717) is 32.2 Å². The number of nitrogens with two attached hydrogens (primary N) is 2. The molecule has 0 heterocycles. The number of unbranched alkanes of at least 4 members (excludes halogenated alkanes) is 1. The lowest BCUT2D eigenvalue weighted by Gasteiger charge is -2.26. The fourth-order valence-electron chi connectivity index (χ4n) is 3.72. The number of amides is 3. The highest BCUT2D eigenvalue weighted by Gasteiger charge is 2.32. The Labute approximate surface area is 222 Å². The number of carboxylic acids is 2. The van der Waals surface area contributed by atoms with Crippen LogP contribution in [0.2, 0.25) is 0 Å². The predicted molar refractivity (Wildman–Crippen MR) is 141 cm³/mol. The molecule has 0 radical (unpaired) electrons. The standard InChI is InChI=1S/C26H41N5O7/c1-3-16(2)22(26(37)38)31-24(35)19(12-13-21(32)33)29-25(36)20(15-17-9-5-4-6-10-17)30-23(34)18(28)11-7-8-14-27/h4-6,9-10,16,18-20,22H,3,7-8,11-15,27-28H2,1-2H3,(H,29,36)(H,30,34)(H,31,35)(H,32,33)(H,37,38). The van der Waals surface area contributed by atoms with E-state index in [1.54, 1.807) is 44.2 Å². The van der Waals surface area contributed by atoms with Crippen LogP contribution in [-0.2, 0) is 30.4 Å². The van der Waals surface area contributed by atoms with E-state index in [-0.39, 0.29) is 12.8 Å². The van der Waals surface area contributed by atoms with Crippen molar-refractivity contribution in [2.24, 2.45) is 17.4 Å². The summed E-state index contributed by atoms with van der Waals surface area (Å²) in [7, 11) is 0. The third kappa shape index (κ3) is 11.7. The van der Waals surface area contributed by atoms with Gasteiger partial charge in [-0.3, -0.25) is 19.2 Å². The number of hydrogen-bond donors (Lipinski definition) is 7. The molecule has 0 saturated carbocycles. The van der Waals surface area contributed by atoms with Crippen molar-refractivity contribution in [3.8, 4) is 0 Å². The van der Waals surface area contributed by atoms with Crippen LogP contribution in [0.5, 0.6) is 0 Å². The topological polar surface area (TPSA) is 214 Å². The summed E-state index contributed by atoms with van der Waals surface area (Å²) in [6.07, 6.45) is 1.55. The van der Waals surface area contributed by atoms with Crippen LogP contribution in [0.3, 0.4) is 0 Å². The van der Waals surface area contributed by atoms with Crippen molar-refractivity contribution in [1.29, 1.82) is 0 Å². The molecule has 1 aromatic rings. The van der Waals surface area contributed by atoms with Crippen molar-refractivity contribution < 1.29 is 34.2 Å². The minimum Gasteiger partial charge on any atom is -0.481 e. The fraction of sp³-hybridized carbons (Fsp3) is 0.577. The monoisotopic (exact) mass is 535 g/mol. The van der Waals surface area contributed by atoms with Crippen LogP contribution in [0.15, 0.2) is 30.3 Å². The number of nitrogens with one attached hydrogen (secondary N) is 3. The van der Waals surface area contributed by atoms with E-state index < -0.39 is 66.2 Å². The van der Waals surface area contributed by atoms with Gasteiger partial charge in [0.15, 0.2) is 0 Å². The molecule has 0 spiro atoms. The molecule has 0 fully saturated rings. The van der Waals surface area contributed by atoms with Crippen molar-refractivity contribution in [3.63, 3.8) is 0 Å². The molecule has 5 atom stereocenters. The molecule has 5 unspecified atom stereocenters. The van der Waals surface area contributed by atoms with E-state index in [0.717, 1.165) is 5.56 Å². The normalized spacial score (nSPS) is 14.8. The second-order valence-electron chi connectivity index (χ2n) is 9.35. The summed E-state index contributed by atoms with van der Waals surface area (Å²) in [4.78, 5) is 61.9. The lowest BCUT2D eigenvalue weighted by Crippen LogP contribution is -2.58. The molecule has 38 heavy (non-hydrogen) atoms. The third-order valence-corrected chi connectivity index (χ3v) is 6.28. The average molecular weight is 536 g/mol. The van der Waals surface area contributed by atoms with E-state index in [9.17, 15) is 29.1 Å². The summed E-state index contributed by atoms with van der Waals surface area (Å²) < 4.78 is 0. The number of carboxylic acid groups (broad SMARTS) is 2. The summed E-state index contributed by atoms with van der Waals surface area (Å²) in [5.74, 6) is -4.93. The third-order valence-electron chi connectivity index (χ3n) is 6.28. The summed E-state index contributed by atoms with van der Waals surface area (Å²) in [6, 6.07) is 4.34. The molecular weight excluding hydrogens is 494 g/mol. The largest absolute Gasteiger partial charge is 0.481 e. The molecule has 12 heteroatoms. The van der Waals surface area contributed by atoms with E-state index in [1.165, 1.54) is 0 Å². The van der Waals surface area contributed by atoms with Crippen LogP contribution in [0.1, 0.15) is 57.9 Å². The molecule has 1 rings (SSSR count). The first-order valence-electron chi connectivity index (χ1n) is 12.8. The highest BCUT2D eigenvalue weighted by Crippen LogP contribution is 2.10. The summed E-state index contributed by atoms with van der Waals surface area (Å²) in [5.41, 5.74) is 12.2. The lowest BCUT2D eigenvalue weighted by molar-refractivity contribution is -0.144. The zero-order chi connectivity index (χ0) is 28.7. The first-order valence-corrected chi connectivity index (χ1v) is 12.8. The van der Waals surface area contributed by atoms with Gasteiger partial charge in [-0.2, -0.15) is 0 Å². The molecule has 0 aliphatic heterocycles. The van der Waals surface area contributed by atoms with Crippen LogP contribution >= 0.6 is 0 Å². The van der Waals surface area contributed by atoms with Gasteiger partial charge in [-0.05, 0) is 37.3 Å². The molecule has 0 aliphatic carbocycles. The van der Waals surface area contributed by atoms with Crippen LogP contribution in [0.4, 0.5) is 0 Å². The molecule has 0 bridgehead atoms. The van der Waals surface area contributed by atoms with Gasteiger partial charge in [0.25, 0.3) is 0 Å². The van der Waals surface area contributed by atoms with Crippen molar-refractivity contribution in [2.45, 2.75) is 83.0 Å². The van der Waals surface area contributed by atoms with Crippen LogP contribution in [0, 0.1) is 5.92 Å². The zero-order valence-corrected chi connectivity index (χ0v) is 22.0. The van der Waals surface area contributed by atoms with Gasteiger partial charge in [-0.15, -0.1) is 0 Å². The SMILES string of the molecule is CCC(C)C(NC(=O)C(CCC(=O)O)NC(=O)C(Cc1ccccc1)NC(=O)C(N)CCCCN)C(=O)O. The van der Waals surface area contributed by atoms with Gasteiger partial charge in [0.1, 0.15) is 18.1 Å². The quantitative estimate of drug-likeness (QED) is 0.127. The van der Waals surface area contributed by atoms with E-state index in [2.05, 4.69) is 16.0 Å². The van der Waals surface area contributed by atoms with E-state index in [4.69, 9.17) is 16.6 Å². The smallest absolute Gasteiger partial charge is 0.326 e. The van der Waals surface area contributed by atoms with Gasteiger partial charge in [-0.1, -0.05) is 57.0 Å². The number of carbonyl (C=O) groups is 5. The molecule has 0 saturated heterocycles. The van der Waals surface area contributed by atoms with Crippen molar-refractivity contribution in [3.05, 3.63) is 35.9 Å². The second-order valence-corrected chi connectivity index (χ2v) is 9.35. The minimum absolute atomic E-state index is 0.0891. The Morgan fingerprint density at radius 1 is 0.868 bits per heavy atom. The van der Waals surface area contributed by atoms with Crippen LogP contribution in [0.25, 0.3) is 0 Å².